The fourth-order valence-electron chi connectivity index (χ4n) is 2.68. The van der Waals surface area contributed by atoms with Crippen LogP contribution in [0.1, 0.15) is 41.0 Å². The molecule has 1 heterocycles. The number of amides is 1. The molecule has 0 radical (unpaired) electrons. The topological polar surface area (TPSA) is 46.9 Å². The van der Waals surface area contributed by atoms with Gasteiger partial charge in [-0.15, -0.1) is 0 Å². The summed E-state index contributed by atoms with van der Waals surface area (Å²) in [4.78, 5) is 12.3. The molecule has 1 amide bonds. The van der Waals surface area contributed by atoms with Crippen molar-refractivity contribution in [2.75, 3.05) is 0 Å². The van der Waals surface area contributed by atoms with Gasteiger partial charge in [0, 0.05) is 18.3 Å². The molecular weight excluding hydrogens is 262 g/mol. The molecule has 4 heteroatoms. The molecule has 1 N–H and O–H groups in total. The Morgan fingerprint density at radius 3 is 2.52 bits per heavy atom. The summed E-state index contributed by atoms with van der Waals surface area (Å²) in [6.45, 7) is 8.02. The van der Waals surface area contributed by atoms with E-state index in [1.165, 1.54) is 5.56 Å². The highest BCUT2D eigenvalue weighted by Crippen LogP contribution is 2.18. The number of nitrogens with zero attached hydrogens (tertiary/aromatic N) is 2. The van der Waals surface area contributed by atoms with E-state index >= 15 is 0 Å². The van der Waals surface area contributed by atoms with E-state index in [4.69, 9.17) is 0 Å². The molecule has 4 nitrogen and oxygen atoms in total. The molecule has 0 unspecified atom stereocenters. The summed E-state index contributed by atoms with van der Waals surface area (Å²) in [5, 5.41) is 7.42. The first-order valence-corrected chi connectivity index (χ1v) is 7.24. The Morgan fingerprint density at radius 2 is 1.95 bits per heavy atom. The molecule has 0 bridgehead atoms. The van der Waals surface area contributed by atoms with Crippen LogP contribution in [0.2, 0.25) is 0 Å². The molecule has 0 spiro atoms. The van der Waals surface area contributed by atoms with E-state index < -0.39 is 0 Å². The molecule has 0 aliphatic carbocycles. The minimum absolute atomic E-state index is 0.0102. The van der Waals surface area contributed by atoms with Crippen LogP contribution in [0.25, 0.3) is 0 Å². The standard InChI is InChI=1S/C17H23N3O/c1-11-8-6-7-9-15(11)12(2)18-17(21)10-16-13(3)19-20(5)14(16)4/h6-9,12H,10H2,1-5H3,(H,18,21)/t12-/m1/s1. The normalized spacial score (nSPS) is 12.2. The molecule has 1 aromatic carbocycles. The number of benzene rings is 1. The minimum atomic E-state index is 0.0102. The van der Waals surface area contributed by atoms with Gasteiger partial charge in [-0.3, -0.25) is 9.48 Å². The lowest BCUT2D eigenvalue weighted by molar-refractivity contribution is -0.121. The fraction of sp³-hybridized carbons (Fsp3) is 0.412. The molecule has 1 aromatic heterocycles. The Hall–Kier alpha value is -2.10. The Morgan fingerprint density at radius 1 is 1.29 bits per heavy atom. The zero-order valence-electron chi connectivity index (χ0n) is 13.4. The third-order valence-corrected chi connectivity index (χ3v) is 4.03. The van der Waals surface area contributed by atoms with Gasteiger partial charge in [0.2, 0.25) is 5.91 Å². The van der Waals surface area contributed by atoms with Gasteiger partial charge >= 0.3 is 0 Å². The molecule has 0 saturated heterocycles. The van der Waals surface area contributed by atoms with Crippen molar-refractivity contribution in [2.45, 2.75) is 40.2 Å². The number of rotatable bonds is 4. The second-order valence-corrected chi connectivity index (χ2v) is 5.60. The predicted molar refractivity (Wildman–Crippen MR) is 84.1 cm³/mol. The van der Waals surface area contributed by atoms with Crippen molar-refractivity contribution in [1.29, 1.82) is 0 Å². The van der Waals surface area contributed by atoms with Gasteiger partial charge in [0.05, 0.1) is 18.2 Å². The number of hydrogen-bond donors (Lipinski definition) is 1. The van der Waals surface area contributed by atoms with Crippen LogP contribution >= 0.6 is 0 Å². The van der Waals surface area contributed by atoms with Gasteiger partial charge in [0.1, 0.15) is 0 Å². The van der Waals surface area contributed by atoms with Crippen molar-refractivity contribution >= 4 is 5.91 Å². The van der Waals surface area contributed by atoms with Gasteiger partial charge in [-0.25, -0.2) is 0 Å². The van der Waals surface area contributed by atoms with Crippen LogP contribution in [-0.4, -0.2) is 15.7 Å². The number of aryl methyl sites for hydroxylation is 3. The average molecular weight is 285 g/mol. The maximum atomic E-state index is 12.3. The fourth-order valence-corrected chi connectivity index (χ4v) is 2.68. The molecule has 2 rings (SSSR count). The summed E-state index contributed by atoms with van der Waals surface area (Å²) in [7, 11) is 1.90. The maximum Gasteiger partial charge on any atom is 0.225 e. The lowest BCUT2D eigenvalue weighted by atomic mass is 10.0. The molecule has 0 aliphatic heterocycles. The largest absolute Gasteiger partial charge is 0.349 e. The van der Waals surface area contributed by atoms with Crippen LogP contribution in [0.3, 0.4) is 0 Å². The highest BCUT2D eigenvalue weighted by Gasteiger charge is 2.16. The first-order valence-electron chi connectivity index (χ1n) is 7.24. The lowest BCUT2D eigenvalue weighted by Gasteiger charge is -2.16. The quantitative estimate of drug-likeness (QED) is 0.939. The average Bonchev–Trinajstić information content (AvgIpc) is 2.65. The van der Waals surface area contributed by atoms with Crippen LogP contribution in [0.5, 0.6) is 0 Å². The van der Waals surface area contributed by atoms with E-state index in [-0.39, 0.29) is 11.9 Å². The number of hydrogen-bond acceptors (Lipinski definition) is 2. The van der Waals surface area contributed by atoms with Crippen molar-refractivity contribution in [3.05, 3.63) is 52.3 Å². The lowest BCUT2D eigenvalue weighted by Crippen LogP contribution is -2.28. The van der Waals surface area contributed by atoms with Crippen molar-refractivity contribution in [1.82, 2.24) is 15.1 Å². The zero-order chi connectivity index (χ0) is 15.6. The molecule has 112 valence electrons. The van der Waals surface area contributed by atoms with E-state index in [0.29, 0.717) is 6.42 Å². The number of carbonyl (C=O) groups excluding carboxylic acids is 1. The van der Waals surface area contributed by atoms with Crippen molar-refractivity contribution in [3.63, 3.8) is 0 Å². The Kier molecular flexibility index (Phi) is 4.46. The van der Waals surface area contributed by atoms with Gasteiger partial charge in [0.25, 0.3) is 0 Å². The van der Waals surface area contributed by atoms with Crippen LogP contribution < -0.4 is 5.32 Å². The molecule has 21 heavy (non-hydrogen) atoms. The highest BCUT2D eigenvalue weighted by atomic mass is 16.1. The number of carbonyl (C=O) groups is 1. The summed E-state index contributed by atoms with van der Waals surface area (Å²) < 4.78 is 1.82. The van der Waals surface area contributed by atoms with Gasteiger partial charge in [-0.05, 0) is 38.8 Å². The van der Waals surface area contributed by atoms with Gasteiger partial charge < -0.3 is 5.32 Å². The first kappa shape index (κ1) is 15.3. The second-order valence-electron chi connectivity index (χ2n) is 5.60. The summed E-state index contributed by atoms with van der Waals surface area (Å²) in [5.74, 6) is 0.0324. The van der Waals surface area contributed by atoms with Crippen LogP contribution in [0, 0.1) is 20.8 Å². The molecule has 0 saturated carbocycles. The zero-order valence-corrected chi connectivity index (χ0v) is 13.4. The van der Waals surface area contributed by atoms with Crippen LogP contribution in [0.15, 0.2) is 24.3 Å². The summed E-state index contributed by atoms with van der Waals surface area (Å²) >= 11 is 0. The van der Waals surface area contributed by atoms with Gasteiger partial charge in [0.15, 0.2) is 0 Å². The Labute approximate surface area is 126 Å². The first-order chi connectivity index (χ1) is 9.90. The molecule has 0 aliphatic rings. The minimum Gasteiger partial charge on any atom is -0.349 e. The SMILES string of the molecule is Cc1ccccc1[C@@H](C)NC(=O)Cc1c(C)nn(C)c1C. The predicted octanol–water partition coefficient (Wildman–Crippen LogP) is 2.77. The molecule has 2 aromatic rings. The van der Waals surface area contributed by atoms with E-state index in [2.05, 4.69) is 29.5 Å². The maximum absolute atomic E-state index is 12.3. The third kappa shape index (κ3) is 3.32. The molecule has 1 atom stereocenters. The van der Waals surface area contributed by atoms with Crippen molar-refractivity contribution in [3.8, 4) is 0 Å². The van der Waals surface area contributed by atoms with Crippen LogP contribution in [-0.2, 0) is 18.3 Å². The summed E-state index contributed by atoms with van der Waals surface area (Å²) in [6.07, 6.45) is 0.377. The van der Waals surface area contributed by atoms with Gasteiger partial charge in [-0.2, -0.15) is 5.10 Å². The Bertz CT molecular complexity index is 658. The second kappa shape index (κ2) is 6.12. The number of aromatic nitrogens is 2. The van der Waals surface area contributed by atoms with E-state index in [1.54, 1.807) is 0 Å². The smallest absolute Gasteiger partial charge is 0.225 e. The summed E-state index contributed by atoms with van der Waals surface area (Å²) in [5.41, 5.74) is 5.34. The van der Waals surface area contributed by atoms with Gasteiger partial charge in [-0.1, -0.05) is 24.3 Å². The van der Waals surface area contributed by atoms with E-state index in [1.807, 2.05) is 44.6 Å². The monoisotopic (exact) mass is 285 g/mol. The summed E-state index contributed by atoms with van der Waals surface area (Å²) in [6, 6.07) is 8.14. The van der Waals surface area contributed by atoms with E-state index in [9.17, 15) is 4.79 Å². The van der Waals surface area contributed by atoms with Crippen molar-refractivity contribution < 1.29 is 4.79 Å². The third-order valence-electron chi connectivity index (χ3n) is 4.03. The van der Waals surface area contributed by atoms with Crippen molar-refractivity contribution in [2.24, 2.45) is 7.05 Å². The molecular formula is C17H23N3O. The van der Waals surface area contributed by atoms with Crippen LogP contribution in [0.4, 0.5) is 0 Å². The Balaban J connectivity index is 2.07. The highest BCUT2D eigenvalue weighted by molar-refractivity contribution is 5.79. The molecule has 0 fully saturated rings. The van der Waals surface area contributed by atoms with E-state index in [0.717, 1.165) is 22.5 Å². The number of nitrogens with one attached hydrogen (secondary N) is 1.